The zero-order valence-corrected chi connectivity index (χ0v) is 15.7. The third-order valence-electron chi connectivity index (χ3n) is 7.55. The third-order valence-corrected chi connectivity index (χ3v) is 7.55. The Balaban J connectivity index is 1.12. The lowest BCUT2D eigenvalue weighted by atomic mass is 9.52. The molecule has 6 heteroatoms. The lowest BCUT2D eigenvalue weighted by Gasteiger charge is -2.61. The Hall–Kier alpha value is -1.43. The van der Waals surface area contributed by atoms with Gasteiger partial charge in [0, 0.05) is 44.7 Å². The fraction of sp³-hybridized carbons (Fsp3) is 0.850. The number of amides is 1. The molecule has 0 radical (unpaired) electrons. The Morgan fingerprint density at radius 2 is 1.65 bits per heavy atom. The fourth-order valence-corrected chi connectivity index (χ4v) is 6.78. The number of hydrogen-bond donors (Lipinski definition) is 0. The van der Waals surface area contributed by atoms with Gasteiger partial charge in [0.15, 0.2) is 0 Å². The molecule has 1 aromatic rings. The van der Waals surface area contributed by atoms with Gasteiger partial charge in [-0.25, -0.2) is 4.98 Å². The second-order valence-electron chi connectivity index (χ2n) is 9.27. The molecule has 0 aromatic carbocycles. The van der Waals surface area contributed by atoms with Crippen molar-refractivity contribution in [2.45, 2.75) is 63.5 Å². The summed E-state index contributed by atoms with van der Waals surface area (Å²) in [5, 5.41) is 4.10. The van der Waals surface area contributed by atoms with Crippen molar-refractivity contribution in [3.05, 3.63) is 12.7 Å². The number of aromatic nitrogens is 3. The highest BCUT2D eigenvalue weighted by molar-refractivity contribution is 5.76. The van der Waals surface area contributed by atoms with E-state index in [9.17, 15) is 4.79 Å². The van der Waals surface area contributed by atoms with Crippen LogP contribution in [0.3, 0.4) is 0 Å². The van der Waals surface area contributed by atoms with Gasteiger partial charge in [0.25, 0.3) is 0 Å². The number of rotatable bonds is 5. The van der Waals surface area contributed by atoms with Crippen molar-refractivity contribution in [1.29, 1.82) is 0 Å². The normalized spacial score (nSPS) is 36.6. The average Bonchev–Trinajstić information content (AvgIpc) is 3.14. The summed E-state index contributed by atoms with van der Waals surface area (Å²) in [4.78, 5) is 21.4. The number of hydrogen-bond acceptors (Lipinski definition) is 4. The van der Waals surface area contributed by atoms with Crippen LogP contribution < -0.4 is 0 Å². The van der Waals surface area contributed by atoms with Crippen LogP contribution in [0.2, 0.25) is 0 Å². The average molecular weight is 358 g/mol. The third kappa shape index (κ3) is 3.06. The van der Waals surface area contributed by atoms with E-state index < -0.39 is 0 Å². The van der Waals surface area contributed by atoms with E-state index in [2.05, 4.69) is 19.9 Å². The van der Waals surface area contributed by atoms with E-state index in [0.717, 1.165) is 56.9 Å². The van der Waals surface area contributed by atoms with Crippen LogP contribution in [-0.2, 0) is 11.3 Å². The van der Waals surface area contributed by atoms with E-state index in [1.807, 2.05) is 0 Å². The molecule has 4 saturated carbocycles. The highest BCUT2D eigenvalue weighted by atomic mass is 16.2. The zero-order valence-electron chi connectivity index (χ0n) is 15.7. The molecule has 6 rings (SSSR count). The van der Waals surface area contributed by atoms with Gasteiger partial charge < -0.3 is 4.90 Å². The Labute approximate surface area is 155 Å². The molecule has 26 heavy (non-hydrogen) atoms. The Morgan fingerprint density at radius 1 is 1.00 bits per heavy atom. The maximum atomic E-state index is 12.5. The highest BCUT2D eigenvalue weighted by Gasteiger charge is 2.53. The first kappa shape index (κ1) is 16.7. The van der Waals surface area contributed by atoms with Gasteiger partial charge >= 0.3 is 0 Å². The molecule has 2 heterocycles. The summed E-state index contributed by atoms with van der Waals surface area (Å²) in [5.41, 5.74) is 0.497. The molecule has 0 spiro atoms. The predicted octanol–water partition coefficient (Wildman–Crippen LogP) is 2.17. The largest absolute Gasteiger partial charge is 0.340 e. The van der Waals surface area contributed by atoms with Crippen LogP contribution in [0.5, 0.6) is 0 Å². The molecule has 5 aliphatic rings. The first-order chi connectivity index (χ1) is 12.7. The van der Waals surface area contributed by atoms with Crippen LogP contribution in [0.25, 0.3) is 0 Å². The van der Waals surface area contributed by atoms with Gasteiger partial charge in [-0.3, -0.25) is 14.4 Å². The summed E-state index contributed by atoms with van der Waals surface area (Å²) in [6, 6.07) is 0. The number of piperazine rings is 1. The first-order valence-electron chi connectivity index (χ1n) is 10.6. The van der Waals surface area contributed by atoms with Crippen LogP contribution in [0.1, 0.15) is 51.4 Å². The predicted molar refractivity (Wildman–Crippen MR) is 98.3 cm³/mol. The van der Waals surface area contributed by atoms with Crippen molar-refractivity contribution >= 4 is 5.91 Å². The molecule has 4 bridgehead atoms. The summed E-state index contributed by atoms with van der Waals surface area (Å²) in [7, 11) is 0. The van der Waals surface area contributed by atoms with Gasteiger partial charge in [-0.2, -0.15) is 5.10 Å². The summed E-state index contributed by atoms with van der Waals surface area (Å²) < 4.78 is 1.80. The Kier molecular flexibility index (Phi) is 4.26. The molecule has 5 fully saturated rings. The molecule has 1 aromatic heterocycles. The molecule has 1 saturated heterocycles. The van der Waals surface area contributed by atoms with Gasteiger partial charge in [0.1, 0.15) is 12.7 Å². The zero-order chi connectivity index (χ0) is 17.6. The molecule has 0 atom stereocenters. The second kappa shape index (κ2) is 6.63. The summed E-state index contributed by atoms with van der Waals surface area (Å²) in [5.74, 6) is 3.31. The molecule has 0 N–H and O–H groups in total. The minimum Gasteiger partial charge on any atom is -0.340 e. The number of carbonyl (C=O) groups excluding carboxylic acids is 1. The minimum atomic E-state index is 0.315. The van der Waals surface area contributed by atoms with Crippen molar-refractivity contribution in [3.8, 4) is 0 Å². The van der Waals surface area contributed by atoms with Crippen molar-refractivity contribution < 1.29 is 4.79 Å². The lowest BCUT2D eigenvalue weighted by Crippen LogP contribution is -2.64. The van der Waals surface area contributed by atoms with Crippen LogP contribution in [0, 0.1) is 17.8 Å². The van der Waals surface area contributed by atoms with E-state index >= 15 is 0 Å². The van der Waals surface area contributed by atoms with Crippen LogP contribution in [0.4, 0.5) is 0 Å². The van der Waals surface area contributed by atoms with E-state index in [1.54, 1.807) is 17.3 Å². The SMILES string of the molecule is O=C(CCCn1cncn1)N1CCN(C23CC4CC(CC(C4)C2)C3)CC1. The molecule has 6 nitrogen and oxygen atoms in total. The number of nitrogens with zero attached hydrogens (tertiary/aromatic N) is 5. The highest BCUT2D eigenvalue weighted by Crippen LogP contribution is 2.57. The van der Waals surface area contributed by atoms with Gasteiger partial charge in [0.05, 0.1) is 0 Å². The summed E-state index contributed by atoms with van der Waals surface area (Å²) in [6.07, 6.45) is 13.5. The Morgan fingerprint density at radius 3 is 2.23 bits per heavy atom. The van der Waals surface area contributed by atoms with E-state index in [-0.39, 0.29) is 0 Å². The van der Waals surface area contributed by atoms with Gasteiger partial charge in [0.2, 0.25) is 5.91 Å². The summed E-state index contributed by atoms with van der Waals surface area (Å²) >= 11 is 0. The Bertz CT molecular complexity index is 599. The molecule has 142 valence electrons. The van der Waals surface area contributed by atoms with Crippen molar-refractivity contribution in [2.75, 3.05) is 26.2 Å². The van der Waals surface area contributed by atoms with Gasteiger partial charge in [-0.1, -0.05) is 0 Å². The standard InChI is InChI=1S/C20H31N5O/c26-19(2-1-3-25-15-21-14-22-25)23-4-6-24(7-5-23)20-11-16-8-17(12-20)10-18(9-16)13-20/h14-18H,1-13H2. The molecular formula is C20H31N5O. The molecule has 1 amide bonds. The quantitative estimate of drug-likeness (QED) is 0.810. The molecular weight excluding hydrogens is 326 g/mol. The van der Waals surface area contributed by atoms with Gasteiger partial charge in [-0.15, -0.1) is 0 Å². The van der Waals surface area contributed by atoms with Crippen molar-refractivity contribution in [3.63, 3.8) is 0 Å². The molecule has 1 aliphatic heterocycles. The first-order valence-corrected chi connectivity index (χ1v) is 10.6. The maximum Gasteiger partial charge on any atom is 0.222 e. The monoisotopic (exact) mass is 357 g/mol. The van der Waals surface area contributed by atoms with Crippen molar-refractivity contribution in [2.24, 2.45) is 17.8 Å². The maximum absolute atomic E-state index is 12.5. The molecule has 0 unspecified atom stereocenters. The van der Waals surface area contributed by atoms with E-state index in [0.29, 0.717) is 17.9 Å². The topological polar surface area (TPSA) is 54.3 Å². The minimum absolute atomic E-state index is 0.315. The smallest absolute Gasteiger partial charge is 0.222 e. The van der Waals surface area contributed by atoms with Crippen LogP contribution in [-0.4, -0.2) is 62.2 Å². The summed E-state index contributed by atoms with van der Waals surface area (Å²) in [6.45, 7) is 4.79. The second-order valence-corrected chi connectivity index (χ2v) is 9.27. The van der Waals surface area contributed by atoms with E-state index in [4.69, 9.17) is 0 Å². The van der Waals surface area contributed by atoms with E-state index in [1.165, 1.54) is 38.5 Å². The van der Waals surface area contributed by atoms with Gasteiger partial charge in [-0.05, 0) is 62.7 Å². The molecule has 4 aliphatic carbocycles. The number of carbonyl (C=O) groups is 1. The van der Waals surface area contributed by atoms with Crippen molar-refractivity contribution in [1.82, 2.24) is 24.6 Å². The van der Waals surface area contributed by atoms with Crippen LogP contribution in [0.15, 0.2) is 12.7 Å². The van der Waals surface area contributed by atoms with Crippen LogP contribution >= 0.6 is 0 Å². The number of aryl methyl sites for hydroxylation is 1. The fourth-order valence-electron chi connectivity index (χ4n) is 6.78. The lowest BCUT2D eigenvalue weighted by molar-refractivity contribution is -0.138.